The number of hydrogen-bond donors (Lipinski definition) is 5. The van der Waals surface area contributed by atoms with E-state index in [1.165, 1.54) is 17.3 Å². The van der Waals surface area contributed by atoms with Crippen molar-refractivity contribution in [3.05, 3.63) is 59.9 Å². The normalized spacial score (nSPS) is 13.5. The third-order valence-corrected chi connectivity index (χ3v) is 9.24. The van der Waals surface area contributed by atoms with Gasteiger partial charge in [-0.25, -0.2) is 0 Å². The van der Waals surface area contributed by atoms with Crippen LogP contribution in [0.25, 0.3) is 0 Å². The molecule has 0 saturated carbocycles. The smallest absolute Gasteiger partial charge is 0.252 e. The second kappa shape index (κ2) is 24.0. The van der Waals surface area contributed by atoms with Crippen molar-refractivity contribution in [1.29, 1.82) is 0 Å². The molecule has 300 valence electrons. The number of rotatable bonds is 24. The predicted octanol–water partition coefficient (Wildman–Crippen LogP) is 4.04. The van der Waals surface area contributed by atoms with Gasteiger partial charge < -0.3 is 36.0 Å². The van der Waals surface area contributed by atoms with Crippen LogP contribution in [-0.2, 0) is 25.6 Å². The lowest BCUT2D eigenvalue weighted by molar-refractivity contribution is -0.141. The van der Waals surface area contributed by atoms with E-state index in [9.17, 15) is 29.1 Å². The zero-order chi connectivity index (χ0) is 40.2. The van der Waals surface area contributed by atoms with Crippen molar-refractivity contribution in [1.82, 2.24) is 31.2 Å². The number of aliphatic hydroxyl groups excluding tert-OH is 1. The van der Waals surface area contributed by atoms with Crippen molar-refractivity contribution in [2.24, 2.45) is 17.8 Å². The van der Waals surface area contributed by atoms with Crippen LogP contribution in [0.1, 0.15) is 102 Å². The summed E-state index contributed by atoms with van der Waals surface area (Å²) < 4.78 is 5.27. The summed E-state index contributed by atoms with van der Waals surface area (Å²) in [4.78, 5) is 71.5. The Morgan fingerprint density at radius 1 is 0.815 bits per heavy atom. The lowest BCUT2D eigenvalue weighted by Crippen LogP contribution is -2.58. The Labute approximate surface area is 321 Å². The lowest BCUT2D eigenvalue weighted by atomic mass is 9.94. The molecule has 2 rings (SSSR count). The monoisotopic (exact) mass is 752 g/mol. The van der Waals surface area contributed by atoms with E-state index < -0.39 is 42.0 Å². The highest BCUT2D eigenvalue weighted by atomic mass is 16.5. The topological polar surface area (TPSA) is 179 Å². The minimum atomic E-state index is -1.17. The number of amides is 5. The quantitative estimate of drug-likeness (QED) is 0.0998. The van der Waals surface area contributed by atoms with Gasteiger partial charge in [0.25, 0.3) is 5.91 Å². The number of hydrogen-bond acceptors (Lipinski definition) is 8. The second-order valence-corrected chi connectivity index (χ2v) is 15.2. The third kappa shape index (κ3) is 16.7. The number of ether oxygens (including phenoxy) is 1. The molecule has 1 heterocycles. The molecule has 13 nitrogen and oxygen atoms in total. The van der Waals surface area contributed by atoms with Crippen LogP contribution >= 0.6 is 0 Å². The molecule has 1 aromatic heterocycles. The molecule has 5 amide bonds. The molecule has 5 N–H and O–H groups in total. The van der Waals surface area contributed by atoms with E-state index in [0.717, 1.165) is 24.8 Å². The van der Waals surface area contributed by atoms with Crippen LogP contribution in [0.15, 0.2) is 48.8 Å². The Morgan fingerprint density at radius 3 is 2.06 bits per heavy atom. The van der Waals surface area contributed by atoms with Gasteiger partial charge >= 0.3 is 0 Å². The van der Waals surface area contributed by atoms with Crippen LogP contribution in [0.3, 0.4) is 0 Å². The average Bonchev–Trinajstić information content (AvgIpc) is 3.13. The van der Waals surface area contributed by atoms with Crippen LogP contribution in [-0.4, -0.2) is 96.0 Å². The van der Waals surface area contributed by atoms with Gasteiger partial charge in [-0.1, -0.05) is 60.1 Å². The molecule has 13 heteroatoms. The van der Waals surface area contributed by atoms with Crippen molar-refractivity contribution in [3.8, 4) is 5.75 Å². The standard InChI is InChI=1S/C41H64N6O7/c1-27(2)17-23-44-36(49)12-10-9-11-20-43-37(50)26-35(48)38(29(5)6)46-40(52)34(24-28(3)4)47(7)41(53)33(25-30-13-15-32(54-8)16-14-30)45-39(51)31-18-21-42-22-19-31/h13-16,18-19,21-22,27-29,33-35,38,48H,9-12,17,20,23-26H2,1-8H3,(H,43,50)(H,44,49)(H,45,51)(H,46,52)/t33-,34-,35+,38-/m0/s1. The van der Waals surface area contributed by atoms with Gasteiger partial charge in [-0.2, -0.15) is 0 Å². The maximum absolute atomic E-state index is 14.2. The number of unbranched alkanes of at least 4 members (excludes halogenated alkanes) is 2. The molecule has 0 spiro atoms. The van der Waals surface area contributed by atoms with Gasteiger partial charge in [0, 0.05) is 50.9 Å². The van der Waals surface area contributed by atoms with E-state index >= 15 is 0 Å². The first-order valence-electron chi connectivity index (χ1n) is 19.2. The highest BCUT2D eigenvalue weighted by Gasteiger charge is 2.35. The Morgan fingerprint density at radius 2 is 1.46 bits per heavy atom. The summed E-state index contributed by atoms with van der Waals surface area (Å²) in [6.07, 6.45) is 5.68. The summed E-state index contributed by atoms with van der Waals surface area (Å²) in [6.45, 7) is 12.9. The van der Waals surface area contributed by atoms with E-state index in [-0.39, 0.29) is 36.5 Å². The van der Waals surface area contributed by atoms with Gasteiger partial charge in [-0.05, 0) is 73.3 Å². The summed E-state index contributed by atoms with van der Waals surface area (Å²) in [5.41, 5.74) is 1.12. The maximum Gasteiger partial charge on any atom is 0.252 e. The summed E-state index contributed by atoms with van der Waals surface area (Å²) in [6, 6.07) is 7.60. The number of likely N-dealkylation sites (N-methyl/N-ethyl adjacent to an activating group) is 1. The Hall–Kier alpha value is -4.52. The molecular formula is C41H64N6O7. The second-order valence-electron chi connectivity index (χ2n) is 15.2. The van der Waals surface area contributed by atoms with E-state index in [1.54, 1.807) is 38.4 Å². The zero-order valence-electron chi connectivity index (χ0n) is 33.5. The first-order valence-corrected chi connectivity index (χ1v) is 19.2. The van der Waals surface area contributed by atoms with Crippen molar-refractivity contribution >= 4 is 29.5 Å². The molecule has 0 aliphatic rings. The van der Waals surface area contributed by atoms with Crippen molar-refractivity contribution in [2.45, 2.75) is 117 Å². The van der Waals surface area contributed by atoms with Gasteiger partial charge in [0.15, 0.2) is 0 Å². The number of pyridine rings is 1. The molecule has 0 aliphatic carbocycles. The first kappa shape index (κ1) is 45.6. The van der Waals surface area contributed by atoms with Crippen LogP contribution in [0.4, 0.5) is 0 Å². The highest BCUT2D eigenvalue weighted by Crippen LogP contribution is 2.18. The predicted molar refractivity (Wildman–Crippen MR) is 210 cm³/mol. The van der Waals surface area contributed by atoms with Crippen LogP contribution < -0.4 is 26.0 Å². The van der Waals surface area contributed by atoms with Crippen LogP contribution in [0.5, 0.6) is 5.75 Å². The molecular weight excluding hydrogens is 688 g/mol. The number of benzene rings is 1. The number of carbonyl (C=O) groups excluding carboxylic acids is 5. The number of nitrogens with one attached hydrogen (secondary N) is 4. The van der Waals surface area contributed by atoms with E-state index in [4.69, 9.17) is 4.74 Å². The van der Waals surface area contributed by atoms with Crippen LogP contribution in [0, 0.1) is 17.8 Å². The van der Waals surface area contributed by atoms with Crippen molar-refractivity contribution in [3.63, 3.8) is 0 Å². The van der Waals surface area contributed by atoms with Gasteiger partial charge in [-0.15, -0.1) is 0 Å². The van der Waals surface area contributed by atoms with Gasteiger partial charge in [0.1, 0.15) is 17.8 Å². The fraction of sp³-hybridized carbons (Fsp3) is 0.610. The Bertz CT molecular complexity index is 1450. The number of nitrogens with zero attached hydrogens (tertiary/aromatic N) is 2. The van der Waals surface area contributed by atoms with Crippen LogP contribution in [0.2, 0.25) is 0 Å². The Balaban J connectivity index is 2.07. The number of carbonyl (C=O) groups is 5. The molecule has 0 saturated heterocycles. The van der Waals surface area contributed by atoms with E-state index in [2.05, 4.69) is 40.1 Å². The van der Waals surface area contributed by atoms with Gasteiger partial charge in [0.05, 0.1) is 25.7 Å². The Kier molecular flexibility index (Phi) is 20.3. The SMILES string of the molecule is COc1ccc(C[C@H](NC(=O)c2ccncc2)C(=O)N(C)[C@@H](CC(C)C)C(=O)N[C@@H](C(C)C)[C@H](O)CC(=O)NCCCCCC(=O)NCCC(C)C)cc1. The highest BCUT2D eigenvalue weighted by molar-refractivity contribution is 5.98. The molecule has 0 bridgehead atoms. The maximum atomic E-state index is 14.2. The van der Waals surface area contributed by atoms with Crippen molar-refractivity contribution < 1.29 is 33.8 Å². The first-order chi connectivity index (χ1) is 25.6. The molecule has 0 fully saturated rings. The van der Waals surface area contributed by atoms with Crippen molar-refractivity contribution in [2.75, 3.05) is 27.2 Å². The third-order valence-electron chi connectivity index (χ3n) is 9.24. The zero-order valence-corrected chi connectivity index (χ0v) is 33.5. The number of methoxy groups -OCH3 is 1. The minimum absolute atomic E-state index is 0.0231. The molecule has 0 unspecified atom stereocenters. The molecule has 1 aromatic carbocycles. The fourth-order valence-corrected chi connectivity index (χ4v) is 5.99. The van der Waals surface area contributed by atoms with Gasteiger partial charge in [-0.3, -0.25) is 29.0 Å². The van der Waals surface area contributed by atoms with E-state index in [1.807, 2.05) is 39.8 Å². The summed E-state index contributed by atoms with van der Waals surface area (Å²) in [5, 5.41) is 22.7. The molecule has 54 heavy (non-hydrogen) atoms. The largest absolute Gasteiger partial charge is 0.497 e. The lowest BCUT2D eigenvalue weighted by Gasteiger charge is -2.34. The number of aromatic nitrogens is 1. The summed E-state index contributed by atoms with van der Waals surface area (Å²) >= 11 is 0. The number of aliphatic hydroxyl groups is 1. The minimum Gasteiger partial charge on any atom is -0.497 e. The average molecular weight is 753 g/mol. The molecule has 4 atom stereocenters. The summed E-state index contributed by atoms with van der Waals surface area (Å²) in [5.74, 6) is -0.697. The fourth-order valence-electron chi connectivity index (χ4n) is 5.99. The van der Waals surface area contributed by atoms with Gasteiger partial charge in [0.2, 0.25) is 23.6 Å². The molecule has 0 aliphatic heterocycles. The molecule has 2 aromatic rings. The van der Waals surface area contributed by atoms with E-state index in [0.29, 0.717) is 49.6 Å². The molecule has 0 radical (unpaired) electrons. The summed E-state index contributed by atoms with van der Waals surface area (Å²) in [7, 11) is 3.11.